The van der Waals surface area contributed by atoms with E-state index in [1.54, 1.807) is 12.1 Å². The van der Waals surface area contributed by atoms with Crippen molar-refractivity contribution in [2.75, 3.05) is 26.2 Å². The molecule has 0 spiro atoms. The summed E-state index contributed by atoms with van der Waals surface area (Å²) in [7, 11) is 0. The molecule has 0 aliphatic carbocycles. The normalized spacial score (nSPS) is 10.3. The Labute approximate surface area is 167 Å². The Balaban J connectivity index is 1.88. The molecule has 0 fully saturated rings. The maximum Gasteiger partial charge on any atom is 0.251 e. The molecule has 0 saturated carbocycles. The molecule has 0 aromatic heterocycles. The summed E-state index contributed by atoms with van der Waals surface area (Å²) in [5.41, 5.74) is 0.690. The molecule has 0 bridgehead atoms. The zero-order valence-corrected chi connectivity index (χ0v) is 16.5. The molecule has 0 atom stereocenters. The Kier molecular flexibility index (Phi) is 13.2. The monoisotopic (exact) mass is 391 g/mol. The summed E-state index contributed by atoms with van der Waals surface area (Å²) in [6, 6.07) is 9.21. The number of hydrogen-bond acceptors (Lipinski definition) is 4. The first-order valence-electron chi connectivity index (χ1n) is 10.1. The lowest BCUT2D eigenvalue weighted by atomic mass is 10.1. The van der Waals surface area contributed by atoms with Crippen molar-refractivity contribution in [2.24, 2.45) is 0 Å². The van der Waals surface area contributed by atoms with Gasteiger partial charge in [0.15, 0.2) is 0 Å². The molecule has 1 aromatic carbocycles. The fourth-order valence-electron chi connectivity index (χ4n) is 2.68. The number of hydrogen-bond donors (Lipinski definition) is 4. The van der Waals surface area contributed by atoms with Gasteiger partial charge in [0.25, 0.3) is 5.91 Å². The molecule has 1 rings (SSSR count). The Hall–Kier alpha value is -2.41. The van der Waals surface area contributed by atoms with Gasteiger partial charge in [0.1, 0.15) is 0 Å². The number of aliphatic hydroxyl groups is 1. The second-order valence-electron chi connectivity index (χ2n) is 6.67. The zero-order valence-electron chi connectivity index (χ0n) is 16.5. The van der Waals surface area contributed by atoms with Gasteiger partial charge in [0.05, 0.1) is 6.61 Å². The van der Waals surface area contributed by atoms with Gasteiger partial charge in [-0.2, -0.15) is 0 Å². The molecule has 7 heteroatoms. The fourth-order valence-corrected chi connectivity index (χ4v) is 2.68. The number of rotatable bonds is 15. The molecule has 1 aromatic rings. The summed E-state index contributed by atoms with van der Waals surface area (Å²) < 4.78 is 0. The molecule has 4 N–H and O–H groups in total. The minimum atomic E-state index is -0.218. The summed E-state index contributed by atoms with van der Waals surface area (Å²) >= 11 is 0. The summed E-state index contributed by atoms with van der Waals surface area (Å²) in [6.07, 6.45) is 6.55. The van der Waals surface area contributed by atoms with Crippen LogP contribution in [-0.2, 0) is 9.59 Å². The largest absolute Gasteiger partial charge is 0.395 e. The van der Waals surface area contributed by atoms with Gasteiger partial charge in [-0.1, -0.05) is 43.9 Å². The summed E-state index contributed by atoms with van der Waals surface area (Å²) in [5, 5.41) is 16.9. The average molecular weight is 392 g/mol. The topological polar surface area (TPSA) is 108 Å². The first-order chi connectivity index (χ1) is 13.6. The van der Waals surface area contributed by atoms with E-state index < -0.39 is 0 Å². The van der Waals surface area contributed by atoms with E-state index in [2.05, 4.69) is 16.0 Å². The third-order valence-corrected chi connectivity index (χ3v) is 4.26. The van der Waals surface area contributed by atoms with E-state index in [1.165, 1.54) is 0 Å². The van der Waals surface area contributed by atoms with Gasteiger partial charge in [-0.3, -0.25) is 14.4 Å². The first kappa shape index (κ1) is 23.6. The summed E-state index contributed by atoms with van der Waals surface area (Å²) in [4.78, 5) is 34.8. The van der Waals surface area contributed by atoms with Crippen LogP contribution in [0, 0.1) is 0 Å². The molecular formula is C21H33N3O4. The highest BCUT2D eigenvalue weighted by Gasteiger charge is 2.06. The second kappa shape index (κ2) is 15.6. The van der Waals surface area contributed by atoms with Crippen LogP contribution < -0.4 is 16.0 Å². The molecular weight excluding hydrogens is 358 g/mol. The standard InChI is InChI=1S/C21H33N3O4/c25-17-16-23-20(27)13-12-19(26)22-14-8-3-1-2-4-9-15-24-21(28)18-10-6-5-7-11-18/h5-7,10-11,25H,1-4,8-9,12-17H2,(H,22,26)(H,23,27)(H,24,28). The minimum absolute atomic E-state index is 0.0257. The fraction of sp³-hybridized carbons (Fsp3) is 0.571. The molecule has 156 valence electrons. The Morgan fingerprint density at radius 2 is 1.18 bits per heavy atom. The lowest BCUT2D eigenvalue weighted by Gasteiger charge is -2.06. The molecule has 0 radical (unpaired) electrons. The van der Waals surface area contributed by atoms with Gasteiger partial charge >= 0.3 is 0 Å². The van der Waals surface area contributed by atoms with E-state index in [9.17, 15) is 14.4 Å². The molecule has 0 unspecified atom stereocenters. The molecule has 28 heavy (non-hydrogen) atoms. The lowest BCUT2D eigenvalue weighted by molar-refractivity contribution is -0.126. The van der Waals surface area contributed by atoms with Crippen LogP contribution in [0.15, 0.2) is 30.3 Å². The highest BCUT2D eigenvalue weighted by atomic mass is 16.3. The SMILES string of the molecule is O=C(CCC(=O)NCCCCCCCCNC(=O)c1ccccc1)NCCO. The smallest absolute Gasteiger partial charge is 0.251 e. The van der Waals surface area contributed by atoms with Crippen LogP contribution in [0.4, 0.5) is 0 Å². The summed E-state index contributed by atoms with van der Waals surface area (Å²) in [6.45, 7) is 1.44. The number of benzene rings is 1. The number of amides is 3. The van der Waals surface area contributed by atoms with Gasteiger partial charge in [-0.15, -0.1) is 0 Å². The van der Waals surface area contributed by atoms with Crippen molar-refractivity contribution >= 4 is 17.7 Å². The summed E-state index contributed by atoms with van der Waals surface area (Å²) in [5.74, 6) is -0.361. The van der Waals surface area contributed by atoms with Crippen molar-refractivity contribution in [3.63, 3.8) is 0 Å². The maximum absolute atomic E-state index is 11.9. The van der Waals surface area contributed by atoms with Crippen LogP contribution >= 0.6 is 0 Å². The number of nitrogens with one attached hydrogen (secondary N) is 3. The molecule has 0 aliphatic rings. The number of unbranched alkanes of at least 4 members (excludes halogenated alkanes) is 5. The highest BCUT2D eigenvalue weighted by molar-refractivity contribution is 5.94. The van der Waals surface area contributed by atoms with E-state index in [-0.39, 0.29) is 43.7 Å². The van der Waals surface area contributed by atoms with Gasteiger partial charge < -0.3 is 21.1 Å². The van der Waals surface area contributed by atoms with E-state index in [1.807, 2.05) is 18.2 Å². The average Bonchev–Trinajstić information content (AvgIpc) is 2.72. The van der Waals surface area contributed by atoms with E-state index in [0.29, 0.717) is 18.7 Å². The second-order valence-corrected chi connectivity index (χ2v) is 6.67. The van der Waals surface area contributed by atoms with Crippen molar-refractivity contribution in [3.8, 4) is 0 Å². The van der Waals surface area contributed by atoms with Gasteiger partial charge in [0, 0.05) is 38.0 Å². The zero-order chi connectivity index (χ0) is 20.5. The van der Waals surface area contributed by atoms with Gasteiger partial charge in [0.2, 0.25) is 11.8 Å². The predicted molar refractivity (Wildman–Crippen MR) is 109 cm³/mol. The van der Waals surface area contributed by atoms with Crippen molar-refractivity contribution in [2.45, 2.75) is 51.4 Å². The van der Waals surface area contributed by atoms with Crippen LogP contribution in [0.5, 0.6) is 0 Å². The van der Waals surface area contributed by atoms with Crippen molar-refractivity contribution < 1.29 is 19.5 Å². The number of carbonyl (C=O) groups excluding carboxylic acids is 3. The van der Waals surface area contributed by atoms with E-state index >= 15 is 0 Å². The molecule has 7 nitrogen and oxygen atoms in total. The van der Waals surface area contributed by atoms with Gasteiger partial charge in [-0.25, -0.2) is 0 Å². The van der Waals surface area contributed by atoms with Crippen molar-refractivity contribution in [3.05, 3.63) is 35.9 Å². The minimum Gasteiger partial charge on any atom is -0.395 e. The Morgan fingerprint density at radius 1 is 0.679 bits per heavy atom. The lowest BCUT2D eigenvalue weighted by Crippen LogP contribution is -2.29. The van der Waals surface area contributed by atoms with Crippen LogP contribution in [0.2, 0.25) is 0 Å². The Bertz CT molecular complexity index is 578. The third kappa shape index (κ3) is 12.1. The molecule has 3 amide bonds. The first-order valence-corrected chi connectivity index (χ1v) is 10.1. The number of carbonyl (C=O) groups is 3. The van der Waals surface area contributed by atoms with Crippen molar-refractivity contribution in [1.29, 1.82) is 0 Å². The predicted octanol–water partition coefficient (Wildman–Crippen LogP) is 1.76. The molecule has 0 aliphatic heterocycles. The van der Waals surface area contributed by atoms with Crippen LogP contribution in [-0.4, -0.2) is 49.1 Å². The third-order valence-electron chi connectivity index (χ3n) is 4.26. The molecule has 0 saturated heterocycles. The number of aliphatic hydroxyl groups excluding tert-OH is 1. The van der Waals surface area contributed by atoms with Crippen LogP contribution in [0.3, 0.4) is 0 Å². The van der Waals surface area contributed by atoms with E-state index in [4.69, 9.17) is 5.11 Å². The van der Waals surface area contributed by atoms with E-state index in [0.717, 1.165) is 38.5 Å². The molecule has 0 heterocycles. The van der Waals surface area contributed by atoms with Crippen LogP contribution in [0.25, 0.3) is 0 Å². The highest BCUT2D eigenvalue weighted by Crippen LogP contribution is 2.05. The maximum atomic E-state index is 11.9. The quantitative estimate of drug-likeness (QED) is 0.342. The Morgan fingerprint density at radius 3 is 1.75 bits per heavy atom. The van der Waals surface area contributed by atoms with Crippen molar-refractivity contribution in [1.82, 2.24) is 16.0 Å². The van der Waals surface area contributed by atoms with Crippen LogP contribution in [0.1, 0.15) is 61.7 Å². The van der Waals surface area contributed by atoms with Gasteiger partial charge in [-0.05, 0) is 25.0 Å².